The molecule has 0 saturated carbocycles. The SMILES string of the molecule is NS(=O)(=O)c1ccc(C(O)C(O)C(=O)O)cc1Cl. The third-order valence-electron chi connectivity index (χ3n) is 2.16. The Morgan fingerprint density at radius 1 is 1.33 bits per heavy atom. The lowest BCUT2D eigenvalue weighted by atomic mass is 10.0. The van der Waals surface area contributed by atoms with E-state index in [1.54, 1.807) is 0 Å². The van der Waals surface area contributed by atoms with E-state index in [4.69, 9.17) is 27.0 Å². The van der Waals surface area contributed by atoms with Crippen molar-refractivity contribution >= 4 is 27.6 Å². The van der Waals surface area contributed by atoms with Gasteiger partial charge in [-0.15, -0.1) is 0 Å². The first kappa shape index (κ1) is 14.9. The van der Waals surface area contributed by atoms with Crippen LogP contribution in [0.25, 0.3) is 0 Å². The van der Waals surface area contributed by atoms with Crippen molar-refractivity contribution in [3.63, 3.8) is 0 Å². The Labute approximate surface area is 107 Å². The van der Waals surface area contributed by atoms with Crippen LogP contribution in [0.15, 0.2) is 23.1 Å². The number of aliphatic hydroxyl groups excluding tert-OH is 2. The molecule has 0 saturated heterocycles. The molecule has 1 rings (SSSR count). The smallest absolute Gasteiger partial charge is 0.335 e. The van der Waals surface area contributed by atoms with Crippen molar-refractivity contribution in [3.8, 4) is 0 Å². The Morgan fingerprint density at radius 2 is 1.89 bits per heavy atom. The van der Waals surface area contributed by atoms with Gasteiger partial charge in [0.15, 0.2) is 6.10 Å². The predicted octanol–water partition coefficient (Wildman–Crippen LogP) is -0.534. The Kier molecular flexibility index (Phi) is 4.30. The van der Waals surface area contributed by atoms with Crippen LogP contribution in [0.3, 0.4) is 0 Å². The van der Waals surface area contributed by atoms with Crippen molar-refractivity contribution < 1.29 is 28.5 Å². The summed E-state index contributed by atoms with van der Waals surface area (Å²) in [6, 6.07) is 3.16. The highest BCUT2D eigenvalue weighted by molar-refractivity contribution is 7.89. The maximum absolute atomic E-state index is 11.1. The number of aliphatic carboxylic acids is 1. The summed E-state index contributed by atoms with van der Waals surface area (Å²) in [5, 5.41) is 31.8. The number of sulfonamides is 1. The summed E-state index contributed by atoms with van der Waals surface area (Å²) in [5.41, 5.74) is -0.0395. The zero-order valence-electron chi connectivity index (χ0n) is 8.82. The summed E-state index contributed by atoms with van der Waals surface area (Å²) >= 11 is 5.64. The van der Waals surface area contributed by atoms with Crippen LogP contribution in [-0.2, 0) is 14.8 Å². The molecule has 0 spiro atoms. The maximum atomic E-state index is 11.1. The number of nitrogens with two attached hydrogens (primary N) is 1. The lowest BCUT2D eigenvalue weighted by Gasteiger charge is -2.15. The monoisotopic (exact) mass is 295 g/mol. The Balaban J connectivity index is 3.16. The molecule has 2 unspecified atom stereocenters. The van der Waals surface area contributed by atoms with Crippen molar-refractivity contribution in [3.05, 3.63) is 28.8 Å². The van der Waals surface area contributed by atoms with E-state index in [1.807, 2.05) is 0 Å². The minimum absolute atomic E-state index is 0.0395. The van der Waals surface area contributed by atoms with E-state index >= 15 is 0 Å². The Bertz CT molecular complexity index is 572. The number of aliphatic hydroxyl groups is 2. The normalized spacial score (nSPS) is 15.1. The number of primary sulfonamides is 1. The van der Waals surface area contributed by atoms with Gasteiger partial charge in [-0.2, -0.15) is 0 Å². The number of carbonyl (C=O) groups is 1. The third-order valence-corrected chi connectivity index (χ3v) is 3.55. The van der Waals surface area contributed by atoms with Crippen molar-refractivity contribution in [1.29, 1.82) is 0 Å². The highest BCUT2D eigenvalue weighted by atomic mass is 35.5. The van der Waals surface area contributed by atoms with Gasteiger partial charge in [-0.25, -0.2) is 18.4 Å². The van der Waals surface area contributed by atoms with E-state index in [-0.39, 0.29) is 15.5 Å². The lowest BCUT2D eigenvalue weighted by Crippen LogP contribution is -2.27. The van der Waals surface area contributed by atoms with E-state index in [9.17, 15) is 18.3 Å². The first-order valence-electron chi connectivity index (χ1n) is 4.55. The number of carboxylic acids is 1. The maximum Gasteiger partial charge on any atom is 0.335 e. The van der Waals surface area contributed by atoms with E-state index < -0.39 is 28.2 Å². The second-order valence-corrected chi connectivity index (χ2v) is 5.40. The third kappa shape index (κ3) is 3.18. The number of hydrogen-bond donors (Lipinski definition) is 4. The minimum atomic E-state index is -4.00. The molecule has 1 aromatic carbocycles. The van der Waals surface area contributed by atoms with Crippen LogP contribution in [0.4, 0.5) is 0 Å². The summed E-state index contributed by atoms with van der Waals surface area (Å²) in [6.45, 7) is 0. The standard InChI is InChI=1S/C9H10ClNO6S/c10-5-3-4(7(12)8(13)9(14)15)1-2-6(5)18(11,16)17/h1-3,7-8,12-13H,(H,14,15)(H2,11,16,17). The highest BCUT2D eigenvalue weighted by Gasteiger charge is 2.26. The lowest BCUT2D eigenvalue weighted by molar-refractivity contribution is -0.153. The van der Waals surface area contributed by atoms with Gasteiger partial charge >= 0.3 is 5.97 Å². The van der Waals surface area contributed by atoms with E-state index in [0.29, 0.717) is 0 Å². The second-order valence-electron chi connectivity index (χ2n) is 3.46. The molecule has 0 aliphatic carbocycles. The molecule has 18 heavy (non-hydrogen) atoms. The molecule has 7 nitrogen and oxygen atoms in total. The molecule has 0 heterocycles. The van der Waals surface area contributed by atoms with Crippen LogP contribution in [-0.4, -0.2) is 35.8 Å². The van der Waals surface area contributed by atoms with Crippen molar-refractivity contribution in [2.45, 2.75) is 17.1 Å². The summed E-state index contributed by atoms with van der Waals surface area (Å²) in [7, 11) is -4.00. The van der Waals surface area contributed by atoms with Gasteiger partial charge < -0.3 is 15.3 Å². The quantitative estimate of drug-likeness (QED) is 0.589. The van der Waals surface area contributed by atoms with Crippen LogP contribution in [0.1, 0.15) is 11.7 Å². The zero-order chi connectivity index (χ0) is 14.1. The van der Waals surface area contributed by atoms with Crippen LogP contribution in [0, 0.1) is 0 Å². The van der Waals surface area contributed by atoms with Crippen LogP contribution in [0.5, 0.6) is 0 Å². The van der Waals surface area contributed by atoms with Gasteiger partial charge in [0.1, 0.15) is 11.0 Å². The average Bonchev–Trinajstić information content (AvgIpc) is 2.24. The van der Waals surface area contributed by atoms with Crippen molar-refractivity contribution in [2.24, 2.45) is 5.14 Å². The van der Waals surface area contributed by atoms with E-state index in [0.717, 1.165) is 18.2 Å². The number of carboxylic acid groups (broad SMARTS) is 1. The molecule has 0 aliphatic rings. The van der Waals surface area contributed by atoms with Crippen LogP contribution < -0.4 is 5.14 Å². The first-order valence-corrected chi connectivity index (χ1v) is 6.48. The molecular formula is C9H10ClNO6S. The fraction of sp³-hybridized carbons (Fsp3) is 0.222. The topological polar surface area (TPSA) is 138 Å². The zero-order valence-corrected chi connectivity index (χ0v) is 10.4. The summed E-state index contributed by atoms with van der Waals surface area (Å²) in [4.78, 5) is 10.1. The molecule has 0 fully saturated rings. The van der Waals surface area contributed by atoms with Crippen molar-refractivity contribution in [2.75, 3.05) is 0 Å². The van der Waals surface area contributed by atoms with Gasteiger partial charge in [0.2, 0.25) is 10.0 Å². The van der Waals surface area contributed by atoms with Crippen LogP contribution in [0.2, 0.25) is 5.02 Å². The minimum Gasteiger partial charge on any atom is -0.479 e. The molecule has 0 bridgehead atoms. The number of halogens is 1. The first-order chi connectivity index (χ1) is 8.14. The molecule has 5 N–H and O–H groups in total. The number of benzene rings is 1. The molecule has 0 amide bonds. The molecular weight excluding hydrogens is 286 g/mol. The number of hydrogen-bond acceptors (Lipinski definition) is 5. The second kappa shape index (κ2) is 5.21. The fourth-order valence-electron chi connectivity index (χ4n) is 1.25. The average molecular weight is 296 g/mol. The fourth-order valence-corrected chi connectivity index (χ4v) is 2.35. The van der Waals surface area contributed by atoms with Gasteiger partial charge in [0, 0.05) is 0 Å². The Hall–Kier alpha value is -1.19. The summed E-state index contributed by atoms with van der Waals surface area (Å²) in [6.07, 6.45) is -3.77. The molecule has 0 aliphatic heterocycles. The molecule has 1 aromatic rings. The van der Waals surface area contributed by atoms with Gasteiger partial charge in [-0.3, -0.25) is 0 Å². The van der Waals surface area contributed by atoms with Gasteiger partial charge in [-0.05, 0) is 17.7 Å². The molecule has 2 atom stereocenters. The molecule has 0 radical (unpaired) electrons. The molecule has 9 heteroatoms. The number of rotatable bonds is 4. The Morgan fingerprint density at radius 3 is 2.28 bits per heavy atom. The summed E-state index contributed by atoms with van der Waals surface area (Å²) < 4.78 is 22.1. The van der Waals surface area contributed by atoms with Crippen molar-refractivity contribution in [1.82, 2.24) is 0 Å². The van der Waals surface area contributed by atoms with Gasteiger partial charge in [0.05, 0.1) is 5.02 Å². The highest BCUT2D eigenvalue weighted by Crippen LogP contribution is 2.26. The molecule has 0 aromatic heterocycles. The predicted molar refractivity (Wildman–Crippen MR) is 61.4 cm³/mol. The largest absolute Gasteiger partial charge is 0.479 e. The van der Waals surface area contributed by atoms with E-state index in [1.165, 1.54) is 0 Å². The van der Waals surface area contributed by atoms with E-state index in [2.05, 4.69) is 0 Å². The van der Waals surface area contributed by atoms with Gasteiger partial charge in [0.25, 0.3) is 0 Å². The van der Waals surface area contributed by atoms with Crippen LogP contribution >= 0.6 is 11.6 Å². The van der Waals surface area contributed by atoms with Gasteiger partial charge in [-0.1, -0.05) is 17.7 Å². The summed E-state index contributed by atoms with van der Waals surface area (Å²) in [5.74, 6) is -1.62. The molecule has 100 valence electrons.